The molecule has 1 aliphatic heterocycles. The van der Waals surface area contributed by atoms with Crippen LogP contribution in [0.5, 0.6) is 0 Å². The lowest BCUT2D eigenvalue weighted by molar-refractivity contribution is 0.138. The Morgan fingerprint density at radius 1 is 1.42 bits per heavy atom. The summed E-state index contributed by atoms with van der Waals surface area (Å²) in [4.78, 5) is 13.9. The van der Waals surface area contributed by atoms with Crippen molar-refractivity contribution >= 4 is 6.09 Å². The van der Waals surface area contributed by atoms with Crippen LogP contribution in [0.1, 0.15) is 18.9 Å². The predicted molar refractivity (Wildman–Crippen MR) is 74.8 cm³/mol. The highest BCUT2D eigenvalue weighted by Gasteiger charge is 2.26. The van der Waals surface area contributed by atoms with Crippen molar-refractivity contribution < 1.29 is 9.53 Å². The van der Waals surface area contributed by atoms with Crippen molar-refractivity contribution in [3.63, 3.8) is 0 Å². The number of nitrogens with zero attached hydrogens (tertiary/aromatic N) is 1. The second-order valence-electron chi connectivity index (χ2n) is 5.33. The average Bonchev–Trinajstić information content (AvgIpc) is 2.74. The van der Waals surface area contributed by atoms with Crippen molar-refractivity contribution in [1.29, 1.82) is 0 Å². The quantitative estimate of drug-likeness (QED) is 0.905. The third-order valence-corrected chi connectivity index (χ3v) is 3.72. The molecule has 0 saturated carbocycles. The fraction of sp³-hybridized carbons (Fsp3) is 0.533. The maximum atomic E-state index is 11.6. The summed E-state index contributed by atoms with van der Waals surface area (Å²) in [5, 5.41) is 2.85. The minimum atomic E-state index is -0.328. The van der Waals surface area contributed by atoms with E-state index in [0.29, 0.717) is 25.1 Å². The molecule has 1 N–H and O–H groups in total. The van der Waals surface area contributed by atoms with Gasteiger partial charge in [-0.3, -0.25) is 0 Å². The summed E-state index contributed by atoms with van der Waals surface area (Å²) >= 11 is 0. The van der Waals surface area contributed by atoms with E-state index in [1.54, 1.807) is 0 Å². The van der Waals surface area contributed by atoms with Gasteiger partial charge in [-0.05, 0) is 31.9 Å². The summed E-state index contributed by atoms with van der Waals surface area (Å²) in [6.45, 7) is 4.28. The van der Waals surface area contributed by atoms with Gasteiger partial charge in [0, 0.05) is 19.1 Å². The molecule has 0 spiro atoms. The van der Waals surface area contributed by atoms with Gasteiger partial charge in [0.1, 0.15) is 6.61 Å². The van der Waals surface area contributed by atoms with Crippen molar-refractivity contribution in [2.75, 3.05) is 20.1 Å². The zero-order valence-electron chi connectivity index (χ0n) is 11.6. The van der Waals surface area contributed by atoms with Gasteiger partial charge in [-0.2, -0.15) is 0 Å². The molecular weight excluding hydrogens is 240 g/mol. The summed E-state index contributed by atoms with van der Waals surface area (Å²) in [5.41, 5.74) is 1.01. The number of amides is 1. The second kappa shape index (κ2) is 6.57. The largest absolute Gasteiger partial charge is 0.445 e. The molecule has 2 atom stereocenters. The molecule has 1 fully saturated rings. The maximum Gasteiger partial charge on any atom is 0.407 e. The molecule has 2 unspecified atom stereocenters. The fourth-order valence-electron chi connectivity index (χ4n) is 2.47. The van der Waals surface area contributed by atoms with Crippen LogP contribution in [0.4, 0.5) is 4.79 Å². The topological polar surface area (TPSA) is 41.6 Å². The standard InChI is InChI=1S/C15H22N2O2/c1-12-8-14(10-17(12)2)9-16-15(18)19-11-13-6-4-3-5-7-13/h3-7,12,14H,8-11H2,1-2H3,(H,16,18). The lowest BCUT2D eigenvalue weighted by atomic mass is 10.1. The van der Waals surface area contributed by atoms with Gasteiger partial charge in [0.25, 0.3) is 0 Å². The Kier molecular flexibility index (Phi) is 4.80. The molecule has 1 heterocycles. The number of carbonyl (C=O) groups is 1. The Labute approximate surface area is 114 Å². The summed E-state index contributed by atoms with van der Waals surface area (Å²) in [6.07, 6.45) is 0.807. The fourth-order valence-corrected chi connectivity index (χ4v) is 2.47. The molecule has 2 rings (SSSR count). The van der Waals surface area contributed by atoms with Crippen LogP contribution in [-0.2, 0) is 11.3 Å². The number of nitrogens with one attached hydrogen (secondary N) is 1. The molecule has 19 heavy (non-hydrogen) atoms. The van der Waals surface area contributed by atoms with Crippen molar-refractivity contribution in [2.45, 2.75) is 26.0 Å². The Hall–Kier alpha value is -1.55. The first-order chi connectivity index (χ1) is 9.15. The molecule has 0 radical (unpaired) electrons. The van der Waals surface area contributed by atoms with Crippen molar-refractivity contribution in [1.82, 2.24) is 10.2 Å². The van der Waals surface area contributed by atoms with Crippen LogP contribution in [0.3, 0.4) is 0 Å². The van der Waals surface area contributed by atoms with Crippen LogP contribution >= 0.6 is 0 Å². The van der Waals surface area contributed by atoms with Gasteiger partial charge in [0.2, 0.25) is 0 Å². The molecule has 1 amide bonds. The molecule has 0 aromatic heterocycles. The summed E-state index contributed by atoms with van der Waals surface area (Å²) < 4.78 is 5.18. The average molecular weight is 262 g/mol. The van der Waals surface area contributed by atoms with Crippen molar-refractivity contribution in [3.8, 4) is 0 Å². The normalized spacial score (nSPS) is 23.3. The molecule has 4 nitrogen and oxygen atoms in total. The third kappa shape index (κ3) is 4.24. The highest BCUT2D eigenvalue weighted by Crippen LogP contribution is 2.20. The zero-order valence-corrected chi connectivity index (χ0v) is 11.6. The van der Waals surface area contributed by atoms with E-state index in [2.05, 4.69) is 24.2 Å². The molecule has 0 aliphatic carbocycles. The van der Waals surface area contributed by atoms with Gasteiger partial charge in [-0.1, -0.05) is 30.3 Å². The molecular formula is C15H22N2O2. The van der Waals surface area contributed by atoms with Gasteiger partial charge in [0.15, 0.2) is 0 Å². The smallest absolute Gasteiger partial charge is 0.407 e. The number of hydrogen-bond acceptors (Lipinski definition) is 3. The van der Waals surface area contributed by atoms with Crippen molar-refractivity contribution in [2.24, 2.45) is 5.92 Å². The number of benzene rings is 1. The predicted octanol–water partition coefficient (Wildman–Crippen LogP) is 2.25. The van der Waals surface area contributed by atoms with Crippen LogP contribution in [0, 0.1) is 5.92 Å². The van der Waals surface area contributed by atoms with E-state index in [9.17, 15) is 4.79 Å². The highest BCUT2D eigenvalue weighted by molar-refractivity contribution is 5.67. The van der Waals surface area contributed by atoms with Crippen LogP contribution < -0.4 is 5.32 Å². The highest BCUT2D eigenvalue weighted by atomic mass is 16.5. The van der Waals surface area contributed by atoms with E-state index in [0.717, 1.165) is 18.5 Å². The Morgan fingerprint density at radius 3 is 2.79 bits per heavy atom. The van der Waals surface area contributed by atoms with Crippen LogP contribution in [-0.4, -0.2) is 37.2 Å². The van der Waals surface area contributed by atoms with E-state index < -0.39 is 0 Å². The van der Waals surface area contributed by atoms with E-state index in [4.69, 9.17) is 4.74 Å². The summed E-state index contributed by atoms with van der Waals surface area (Å²) in [7, 11) is 2.12. The number of alkyl carbamates (subject to hydrolysis) is 1. The number of ether oxygens (including phenoxy) is 1. The third-order valence-electron chi connectivity index (χ3n) is 3.72. The first-order valence-corrected chi connectivity index (χ1v) is 6.80. The van der Waals surface area contributed by atoms with E-state index in [-0.39, 0.29) is 6.09 Å². The molecule has 104 valence electrons. The summed E-state index contributed by atoms with van der Waals surface area (Å²) in [5.74, 6) is 0.532. The summed E-state index contributed by atoms with van der Waals surface area (Å²) in [6, 6.07) is 10.3. The zero-order chi connectivity index (χ0) is 13.7. The van der Waals surface area contributed by atoms with Gasteiger partial charge in [-0.25, -0.2) is 4.79 Å². The van der Waals surface area contributed by atoms with E-state index in [1.165, 1.54) is 0 Å². The first kappa shape index (κ1) is 13.9. The first-order valence-electron chi connectivity index (χ1n) is 6.80. The van der Waals surface area contributed by atoms with E-state index in [1.807, 2.05) is 30.3 Å². The van der Waals surface area contributed by atoms with Crippen LogP contribution in [0.15, 0.2) is 30.3 Å². The van der Waals surface area contributed by atoms with Gasteiger partial charge < -0.3 is 15.0 Å². The molecule has 1 aliphatic rings. The molecule has 1 aromatic carbocycles. The van der Waals surface area contributed by atoms with Gasteiger partial charge in [-0.15, -0.1) is 0 Å². The minimum absolute atomic E-state index is 0.327. The lowest BCUT2D eigenvalue weighted by Gasteiger charge is -2.13. The second-order valence-corrected chi connectivity index (χ2v) is 5.33. The SMILES string of the molecule is CC1CC(CNC(=O)OCc2ccccc2)CN1C. The lowest BCUT2D eigenvalue weighted by Crippen LogP contribution is -2.30. The molecule has 1 aromatic rings. The maximum absolute atomic E-state index is 11.6. The molecule has 0 bridgehead atoms. The van der Waals surface area contributed by atoms with Crippen LogP contribution in [0.25, 0.3) is 0 Å². The number of rotatable bonds is 4. The number of carbonyl (C=O) groups excluding carboxylic acids is 1. The number of hydrogen-bond donors (Lipinski definition) is 1. The number of likely N-dealkylation sites (tertiary alicyclic amines) is 1. The molecule has 1 saturated heterocycles. The minimum Gasteiger partial charge on any atom is -0.445 e. The van der Waals surface area contributed by atoms with Crippen molar-refractivity contribution in [3.05, 3.63) is 35.9 Å². The molecule has 4 heteroatoms. The van der Waals surface area contributed by atoms with E-state index >= 15 is 0 Å². The van der Waals surface area contributed by atoms with Gasteiger partial charge in [0.05, 0.1) is 0 Å². The Morgan fingerprint density at radius 2 is 2.16 bits per heavy atom. The Balaban J connectivity index is 1.65. The monoisotopic (exact) mass is 262 g/mol. The van der Waals surface area contributed by atoms with Crippen LogP contribution in [0.2, 0.25) is 0 Å². The van der Waals surface area contributed by atoms with Gasteiger partial charge >= 0.3 is 6.09 Å². The Bertz CT molecular complexity index is 398.